The summed E-state index contributed by atoms with van der Waals surface area (Å²) in [5.41, 5.74) is 1.11. The Morgan fingerprint density at radius 2 is 2.18 bits per heavy atom. The van der Waals surface area contributed by atoms with Crippen molar-refractivity contribution in [3.8, 4) is 0 Å². The van der Waals surface area contributed by atoms with Gasteiger partial charge in [0.15, 0.2) is 0 Å². The number of aryl methyl sites for hydroxylation is 3. The van der Waals surface area contributed by atoms with E-state index >= 15 is 0 Å². The van der Waals surface area contributed by atoms with Gasteiger partial charge in [-0.25, -0.2) is 4.98 Å². The van der Waals surface area contributed by atoms with Gasteiger partial charge in [0.2, 0.25) is 11.8 Å². The molecular formula is C16H23N3O2S. The van der Waals surface area contributed by atoms with Gasteiger partial charge in [0.25, 0.3) is 0 Å². The van der Waals surface area contributed by atoms with Crippen molar-refractivity contribution in [1.29, 1.82) is 0 Å². The highest BCUT2D eigenvalue weighted by molar-refractivity contribution is 7.11. The second-order valence-electron chi connectivity index (χ2n) is 6.32. The summed E-state index contributed by atoms with van der Waals surface area (Å²) in [5.74, 6) is 0.0248. The summed E-state index contributed by atoms with van der Waals surface area (Å²) in [5, 5.41) is 4.11. The maximum absolute atomic E-state index is 12.1. The molecule has 1 atom stereocenters. The van der Waals surface area contributed by atoms with E-state index in [2.05, 4.69) is 17.2 Å². The second kappa shape index (κ2) is 6.36. The summed E-state index contributed by atoms with van der Waals surface area (Å²) in [6, 6.07) is 0.418. The van der Waals surface area contributed by atoms with Crippen LogP contribution in [-0.2, 0) is 16.0 Å². The van der Waals surface area contributed by atoms with Gasteiger partial charge in [-0.2, -0.15) is 0 Å². The normalized spacial score (nSPS) is 21.5. The molecule has 0 unspecified atom stereocenters. The Morgan fingerprint density at radius 1 is 1.41 bits per heavy atom. The number of carbonyl (C=O) groups excluding carboxylic acids is 2. The van der Waals surface area contributed by atoms with Gasteiger partial charge in [0.1, 0.15) is 0 Å². The van der Waals surface area contributed by atoms with Gasteiger partial charge in [-0.3, -0.25) is 9.59 Å². The third-order valence-electron chi connectivity index (χ3n) is 4.46. The summed E-state index contributed by atoms with van der Waals surface area (Å²) in [7, 11) is 0. The first kappa shape index (κ1) is 15.5. The Labute approximate surface area is 135 Å². The van der Waals surface area contributed by atoms with Crippen LogP contribution >= 0.6 is 11.3 Å². The fourth-order valence-corrected chi connectivity index (χ4v) is 3.86. The van der Waals surface area contributed by atoms with Crippen LogP contribution in [0.2, 0.25) is 0 Å². The molecule has 5 nitrogen and oxygen atoms in total. The standard InChI is InChI=1S/C16H23N3O2S/c1-10-11(2)22-14(18-10)4-3-7-17-16(21)12-8-15(20)19(9-12)13-5-6-13/h12-13H,3-9H2,1-2H3,(H,17,21)/t12-/m1/s1. The van der Waals surface area contributed by atoms with Crippen molar-refractivity contribution < 1.29 is 9.59 Å². The lowest BCUT2D eigenvalue weighted by Gasteiger charge is -2.15. The molecule has 1 N–H and O–H groups in total. The number of thiazole rings is 1. The van der Waals surface area contributed by atoms with Gasteiger partial charge in [0, 0.05) is 36.9 Å². The highest BCUT2D eigenvalue weighted by atomic mass is 32.1. The summed E-state index contributed by atoms with van der Waals surface area (Å²) < 4.78 is 0. The lowest BCUT2D eigenvalue weighted by atomic mass is 10.1. The van der Waals surface area contributed by atoms with Crippen LogP contribution in [0.5, 0.6) is 0 Å². The molecule has 1 aliphatic heterocycles. The van der Waals surface area contributed by atoms with Crippen LogP contribution in [0.1, 0.15) is 41.3 Å². The third-order valence-corrected chi connectivity index (χ3v) is 5.59. The molecule has 6 heteroatoms. The Hall–Kier alpha value is -1.43. The van der Waals surface area contributed by atoms with E-state index in [1.165, 1.54) is 4.88 Å². The second-order valence-corrected chi connectivity index (χ2v) is 7.61. The highest BCUT2D eigenvalue weighted by Crippen LogP contribution is 2.32. The van der Waals surface area contributed by atoms with E-state index < -0.39 is 0 Å². The van der Waals surface area contributed by atoms with Gasteiger partial charge in [0.05, 0.1) is 16.6 Å². The molecule has 0 radical (unpaired) electrons. The number of nitrogens with zero attached hydrogens (tertiary/aromatic N) is 2. The SMILES string of the molecule is Cc1nc(CCCNC(=O)[C@@H]2CC(=O)N(C3CC3)C2)sc1C. The van der Waals surface area contributed by atoms with E-state index in [0.29, 0.717) is 25.6 Å². The van der Waals surface area contributed by atoms with Crippen molar-refractivity contribution in [2.24, 2.45) is 5.92 Å². The van der Waals surface area contributed by atoms with Crippen LogP contribution in [0.25, 0.3) is 0 Å². The van der Waals surface area contributed by atoms with Crippen LogP contribution in [-0.4, -0.2) is 40.8 Å². The molecule has 2 heterocycles. The van der Waals surface area contributed by atoms with Crippen LogP contribution in [0, 0.1) is 19.8 Å². The largest absolute Gasteiger partial charge is 0.356 e. The van der Waals surface area contributed by atoms with E-state index in [1.54, 1.807) is 11.3 Å². The third kappa shape index (κ3) is 3.48. The number of nitrogens with one attached hydrogen (secondary N) is 1. The van der Waals surface area contributed by atoms with Gasteiger partial charge in [-0.1, -0.05) is 0 Å². The number of hydrogen-bond acceptors (Lipinski definition) is 4. The van der Waals surface area contributed by atoms with Crippen molar-refractivity contribution in [1.82, 2.24) is 15.2 Å². The first-order valence-electron chi connectivity index (χ1n) is 8.04. The Kier molecular flexibility index (Phi) is 4.47. The maximum Gasteiger partial charge on any atom is 0.225 e. The Bertz CT molecular complexity index is 560. The number of amides is 2. The lowest BCUT2D eigenvalue weighted by molar-refractivity contribution is -0.129. The zero-order valence-corrected chi connectivity index (χ0v) is 14.0. The molecule has 22 heavy (non-hydrogen) atoms. The van der Waals surface area contributed by atoms with Crippen LogP contribution in [0.15, 0.2) is 0 Å². The predicted molar refractivity (Wildman–Crippen MR) is 85.8 cm³/mol. The van der Waals surface area contributed by atoms with E-state index in [4.69, 9.17) is 0 Å². The van der Waals surface area contributed by atoms with Crippen molar-refractivity contribution in [3.63, 3.8) is 0 Å². The molecule has 1 aromatic rings. The minimum atomic E-state index is -0.155. The van der Waals surface area contributed by atoms with E-state index in [-0.39, 0.29) is 17.7 Å². The monoisotopic (exact) mass is 321 g/mol. The maximum atomic E-state index is 12.1. The van der Waals surface area contributed by atoms with Crippen LogP contribution in [0.3, 0.4) is 0 Å². The smallest absolute Gasteiger partial charge is 0.225 e. The number of rotatable bonds is 6. The first-order valence-corrected chi connectivity index (χ1v) is 8.86. The number of carbonyl (C=O) groups is 2. The van der Waals surface area contributed by atoms with Crippen LogP contribution < -0.4 is 5.32 Å². The van der Waals surface area contributed by atoms with E-state index in [9.17, 15) is 9.59 Å². The lowest BCUT2D eigenvalue weighted by Crippen LogP contribution is -2.34. The van der Waals surface area contributed by atoms with Crippen molar-refractivity contribution in [3.05, 3.63) is 15.6 Å². The number of aromatic nitrogens is 1. The zero-order chi connectivity index (χ0) is 15.7. The van der Waals surface area contributed by atoms with Gasteiger partial charge in [-0.05, 0) is 33.1 Å². The molecule has 1 aliphatic carbocycles. The van der Waals surface area contributed by atoms with Crippen molar-refractivity contribution in [2.75, 3.05) is 13.1 Å². The highest BCUT2D eigenvalue weighted by Gasteiger charge is 2.41. The minimum Gasteiger partial charge on any atom is -0.356 e. The summed E-state index contributed by atoms with van der Waals surface area (Å²) in [6.07, 6.45) is 4.38. The topological polar surface area (TPSA) is 62.3 Å². The quantitative estimate of drug-likeness (QED) is 0.813. The minimum absolute atomic E-state index is 0.0306. The molecule has 2 aliphatic rings. The molecule has 0 spiro atoms. The molecule has 0 aromatic carbocycles. The fraction of sp³-hybridized carbons (Fsp3) is 0.688. The van der Waals surface area contributed by atoms with Crippen LogP contribution in [0.4, 0.5) is 0 Å². The molecule has 2 fully saturated rings. The predicted octanol–water partition coefficient (Wildman–Crippen LogP) is 1.82. The molecule has 2 amide bonds. The Morgan fingerprint density at radius 3 is 2.82 bits per heavy atom. The molecule has 1 aromatic heterocycles. The fourth-order valence-electron chi connectivity index (χ4n) is 2.89. The Balaban J connectivity index is 1.38. The molecule has 1 saturated carbocycles. The first-order chi connectivity index (χ1) is 10.5. The molecule has 120 valence electrons. The van der Waals surface area contributed by atoms with Gasteiger partial charge in [-0.15, -0.1) is 11.3 Å². The number of likely N-dealkylation sites (tertiary alicyclic amines) is 1. The zero-order valence-electron chi connectivity index (χ0n) is 13.2. The van der Waals surface area contributed by atoms with E-state index in [1.807, 2.05) is 11.8 Å². The molecule has 1 saturated heterocycles. The average Bonchev–Trinajstić information content (AvgIpc) is 3.17. The van der Waals surface area contributed by atoms with Crippen molar-refractivity contribution in [2.45, 2.75) is 52.0 Å². The number of hydrogen-bond donors (Lipinski definition) is 1. The average molecular weight is 321 g/mol. The van der Waals surface area contributed by atoms with E-state index in [0.717, 1.165) is 36.4 Å². The van der Waals surface area contributed by atoms with Gasteiger partial charge < -0.3 is 10.2 Å². The van der Waals surface area contributed by atoms with Crippen molar-refractivity contribution >= 4 is 23.2 Å². The summed E-state index contributed by atoms with van der Waals surface area (Å²) in [6.45, 7) is 5.38. The molecular weight excluding hydrogens is 298 g/mol. The summed E-state index contributed by atoms with van der Waals surface area (Å²) in [4.78, 5) is 31.7. The molecule has 0 bridgehead atoms. The van der Waals surface area contributed by atoms with Gasteiger partial charge >= 0.3 is 0 Å². The summed E-state index contributed by atoms with van der Waals surface area (Å²) >= 11 is 1.73. The molecule has 3 rings (SSSR count).